The minimum Gasteiger partial charge on any atom is -0.366 e. The Morgan fingerprint density at radius 2 is 1.77 bits per heavy atom. The smallest absolute Gasteiger partial charge is 0.366 e. The molecule has 1 saturated heterocycles. The highest BCUT2D eigenvalue weighted by atomic mass is 32.1. The first-order chi connectivity index (χ1) is 22.7. The lowest BCUT2D eigenvalue weighted by atomic mass is 10.0. The molecule has 2 fully saturated rings. The Morgan fingerprint density at radius 3 is 2.51 bits per heavy atom. The number of hydrogen-bond donors (Lipinski definition) is 3. The van der Waals surface area contributed by atoms with Crippen LogP contribution in [0.4, 0.5) is 36.2 Å². The fourth-order valence-electron chi connectivity index (χ4n) is 6.04. The van der Waals surface area contributed by atoms with Crippen molar-refractivity contribution in [3.05, 3.63) is 76.6 Å². The molecule has 244 valence electrons. The molecule has 3 aromatic heterocycles. The van der Waals surface area contributed by atoms with Gasteiger partial charge >= 0.3 is 6.18 Å². The Balaban J connectivity index is 1.15. The van der Waals surface area contributed by atoms with Gasteiger partial charge < -0.3 is 20.9 Å². The van der Waals surface area contributed by atoms with Gasteiger partial charge in [-0.05, 0) is 55.6 Å². The number of carbonyl (C=O) groups is 1. The van der Waals surface area contributed by atoms with Gasteiger partial charge in [-0.2, -0.15) is 13.2 Å². The lowest BCUT2D eigenvalue weighted by molar-refractivity contribution is -0.138. The number of aromatic nitrogens is 3. The zero-order valence-electron chi connectivity index (χ0n) is 26.1. The number of anilines is 4. The average Bonchev–Trinajstić information content (AvgIpc) is 3.77. The van der Waals surface area contributed by atoms with Crippen LogP contribution in [0.2, 0.25) is 0 Å². The van der Waals surface area contributed by atoms with Crippen LogP contribution in [0.5, 0.6) is 0 Å². The number of carbonyl (C=O) groups excluding carboxylic acids is 1. The molecule has 0 radical (unpaired) electrons. The summed E-state index contributed by atoms with van der Waals surface area (Å²) in [4.78, 5) is 31.2. The van der Waals surface area contributed by atoms with Crippen LogP contribution < -0.4 is 16.0 Å². The number of nitrogens with zero attached hydrogens (tertiary/aromatic N) is 5. The largest absolute Gasteiger partial charge is 0.416 e. The molecular formula is C34H35F3N8OS. The van der Waals surface area contributed by atoms with Gasteiger partial charge in [0.2, 0.25) is 0 Å². The normalized spacial score (nSPS) is 16.1. The Labute approximate surface area is 274 Å². The molecule has 5 aromatic rings. The molecule has 13 heteroatoms. The van der Waals surface area contributed by atoms with Crippen LogP contribution >= 0.6 is 11.3 Å². The number of thiophene rings is 1. The predicted octanol–water partition coefficient (Wildman–Crippen LogP) is 7.27. The molecule has 0 unspecified atom stereocenters. The fraction of sp³-hybridized carbons (Fsp3) is 0.353. The molecule has 2 aromatic carbocycles. The predicted molar refractivity (Wildman–Crippen MR) is 181 cm³/mol. The Hall–Kier alpha value is -4.33. The number of halogens is 3. The summed E-state index contributed by atoms with van der Waals surface area (Å²) < 4.78 is 43.7. The summed E-state index contributed by atoms with van der Waals surface area (Å²) >= 11 is 1.42. The van der Waals surface area contributed by atoms with Crippen LogP contribution in [0, 0.1) is 6.92 Å². The molecule has 0 atom stereocenters. The van der Waals surface area contributed by atoms with Crippen LogP contribution in [0.15, 0.2) is 54.3 Å². The van der Waals surface area contributed by atoms with Crippen LogP contribution in [0.3, 0.4) is 0 Å². The molecule has 1 aliphatic heterocycles. The first kappa shape index (κ1) is 31.3. The van der Waals surface area contributed by atoms with Gasteiger partial charge in [0.25, 0.3) is 5.91 Å². The number of rotatable bonds is 9. The second kappa shape index (κ2) is 12.7. The third-order valence-electron chi connectivity index (χ3n) is 8.89. The molecule has 2 aliphatic rings. The zero-order chi connectivity index (χ0) is 32.7. The van der Waals surface area contributed by atoms with E-state index < -0.39 is 11.7 Å². The summed E-state index contributed by atoms with van der Waals surface area (Å²) in [5.41, 5.74) is 2.33. The lowest BCUT2D eigenvalue weighted by Gasteiger charge is -2.34. The van der Waals surface area contributed by atoms with Crippen molar-refractivity contribution in [2.24, 2.45) is 0 Å². The number of pyridine rings is 1. The van der Waals surface area contributed by atoms with E-state index in [1.165, 1.54) is 17.7 Å². The number of hydrogen-bond acceptors (Lipinski definition) is 9. The monoisotopic (exact) mass is 660 g/mol. The number of aryl methyl sites for hydroxylation is 1. The number of benzene rings is 2. The van der Waals surface area contributed by atoms with Crippen molar-refractivity contribution in [3.8, 4) is 0 Å². The van der Waals surface area contributed by atoms with Gasteiger partial charge in [0.1, 0.15) is 18.0 Å². The van der Waals surface area contributed by atoms with E-state index >= 15 is 0 Å². The molecule has 1 amide bonds. The number of likely N-dealkylation sites (N-methyl/N-ethyl adjacent to an activating group) is 1. The minimum absolute atomic E-state index is 0.241. The highest BCUT2D eigenvalue weighted by Gasteiger charge is 2.34. The van der Waals surface area contributed by atoms with Gasteiger partial charge in [-0.3, -0.25) is 9.69 Å². The van der Waals surface area contributed by atoms with Gasteiger partial charge in [-0.15, -0.1) is 11.3 Å². The standard InChI is InChI=1S/C34H35F3N8OS/c1-3-44-12-14-45(15-13-44)17-21-5-6-23(16-27(21)34(35,36)37)42-31-25-9-4-20(2)28(24(25)10-11-38-31)43-33(46)26-18-47-30-29(26)39-19-40-32(30)41-22-7-8-22/h4-6,9-11,16,18-19,22H,3,7-8,12-15,17H2,1-2H3,(H,38,42)(H,43,46)(H,39,40,41). The van der Waals surface area contributed by atoms with Crippen molar-refractivity contribution in [1.82, 2.24) is 24.8 Å². The number of piperazine rings is 1. The van der Waals surface area contributed by atoms with E-state index in [0.29, 0.717) is 39.4 Å². The van der Waals surface area contributed by atoms with Gasteiger partial charge in [0.05, 0.1) is 27.0 Å². The van der Waals surface area contributed by atoms with Gasteiger partial charge in [-0.25, -0.2) is 15.0 Å². The number of fused-ring (bicyclic) bond motifs is 2. The van der Waals surface area contributed by atoms with Crippen LogP contribution in [-0.2, 0) is 12.7 Å². The zero-order valence-corrected chi connectivity index (χ0v) is 26.9. The maximum atomic E-state index is 14.3. The number of amides is 1. The molecule has 1 aliphatic carbocycles. The molecule has 0 spiro atoms. The maximum Gasteiger partial charge on any atom is 0.416 e. The summed E-state index contributed by atoms with van der Waals surface area (Å²) in [6.07, 6.45) is 0.736. The van der Waals surface area contributed by atoms with E-state index in [-0.39, 0.29) is 23.7 Å². The average molecular weight is 661 g/mol. The van der Waals surface area contributed by atoms with Crippen LogP contribution in [-0.4, -0.2) is 69.4 Å². The van der Waals surface area contributed by atoms with Crippen molar-refractivity contribution in [2.45, 2.75) is 45.5 Å². The quantitative estimate of drug-likeness (QED) is 0.152. The number of alkyl halides is 3. The van der Waals surface area contributed by atoms with E-state index in [1.54, 1.807) is 29.8 Å². The fourth-order valence-corrected chi connectivity index (χ4v) is 7.00. The first-order valence-corrected chi connectivity index (χ1v) is 16.7. The van der Waals surface area contributed by atoms with E-state index in [2.05, 4.69) is 47.6 Å². The topological polar surface area (TPSA) is 98.3 Å². The Morgan fingerprint density at radius 1 is 0.979 bits per heavy atom. The third kappa shape index (κ3) is 6.60. The first-order valence-electron chi connectivity index (χ1n) is 15.8. The van der Waals surface area contributed by atoms with E-state index in [1.807, 2.05) is 19.1 Å². The van der Waals surface area contributed by atoms with Crippen molar-refractivity contribution >= 4 is 61.2 Å². The Bertz CT molecular complexity index is 1950. The molecule has 7 rings (SSSR count). The second-order valence-corrected chi connectivity index (χ2v) is 13.0. The van der Waals surface area contributed by atoms with Gasteiger partial charge in [-0.1, -0.05) is 25.1 Å². The molecule has 9 nitrogen and oxygen atoms in total. The highest BCUT2D eigenvalue weighted by molar-refractivity contribution is 7.18. The molecule has 0 bridgehead atoms. The summed E-state index contributed by atoms with van der Waals surface area (Å²) in [7, 11) is 0. The van der Waals surface area contributed by atoms with Crippen molar-refractivity contribution in [1.29, 1.82) is 0 Å². The summed E-state index contributed by atoms with van der Waals surface area (Å²) in [6, 6.07) is 10.3. The van der Waals surface area contributed by atoms with Crippen molar-refractivity contribution < 1.29 is 18.0 Å². The summed E-state index contributed by atoms with van der Waals surface area (Å²) in [5.74, 6) is 0.816. The van der Waals surface area contributed by atoms with E-state index in [4.69, 9.17) is 0 Å². The molecule has 3 N–H and O–H groups in total. The maximum absolute atomic E-state index is 14.3. The van der Waals surface area contributed by atoms with Crippen molar-refractivity contribution in [2.75, 3.05) is 48.7 Å². The third-order valence-corrected chi connectivity index (χ3v) is 9.87. The molecule has 1 saturated carbocycles. The number of nitrogens with one attached hydrogen (secondary N) is 3. The second-order valence-electron chi connectivity index (χ2n) is 12.1. The van der Waals surface area contributed by atoms with Gasteiger partial charge in [0, 0.05) is 66.8 Å². The lowest BCUT2D eigenvalue weighted by Crippen LogP contribution is -2.45. The molecular weight excluding hydrogens is 625 g/mol. The van der Waals surface area contributed by atoms with Crippen LogP contribution in [0.1, 0.15) is 46.8 Å². The van der Waals surface area contributed by atoms with Crippen LogP contribution in [0.25, 0.3) is 21.0 Å². The van der Waals surface area contributed by atoms with Crippen molar-refractivity contribution in [3.63, 3.8) is 0 Å². The van der Waals surface area contributed by atoms with Gasteiger partial charge in [0.15, 0.2) is 0 Å². The summed E-state index contributed by atoms with van der Waals surface area (Å²) in [5, 5.41) is 12.7. The highest BCUT2D eigenvalue weighted by Crippen LogP contribution is 2.38. The molecule has 4 heterocycles. The summed E-state index contributed by atoms with van der Waals surface area (Å²) in [6.45, 7) is 8.34. The molecule has 47 heavy (non-hydrogen) atoms. The van der Waals surface area contributed by atoms with E-state index in [0.717, 1.165) is 67.7 Å². The van der Waals surface area contributed by atoms with E-state index in [9.17, 15) is 18.0 Å². The SMILES string of the molecule is CCN1CCN(Cc2ccc(Nc3nccc4c(NC(=O)c5csc6c(NC7CC7)ncnc56)c(C)ccc34)cc2C(F)(F)F)CC1. The Kier molecular flexibility index (Phi) is 8.45. The minimum atomic E-state index is -4.51.